The Labute approximate surface area is 222 Å². The summed E-state index contributed by atoms with van der Waals surface area (Å²) in [7, 11) is 0. The molecule has 1 aromatic carbocycles. The molecular weight excluding hydrogens is 480 g/mol. The molecule has 2 amide bonds. The van der Waals surface area contributed by atoms with Crippen molar-refractivity contribution in [3.8, 4) is 11.1 Å². The van der Waals surface area contributed by atoms with Gasteiger partial charge in [-0.1, -0.05) is 36.4 Å². The molecule has 1 aliphatic carbocycles. The molecule has 3 heterocycles. The van der Waals surface area contributed by atoms with Crippen LogP contribution in [0.1, 0.15) is 48.6 Å². The number of nitrogens with one attached hydrogen (secondary N) is 3. The minimum Gasteiger partial charge on any atom is -0.379 e. The maximum atomic E-state index is 12.7. The second-order valence-corrected chi connectivity index (χ2v) is 9.89. The lowest BCUT2D eigenvalue weighted by atomic mass is 9.97. The van der Waals surface area contributed by atoms with Crippen molar-refractivity contribution in [1.29, 1.82) is 0 Å². The largest absolute Gasteiger partial charge is 0.379 e. The summed E-state index contributed by atoms with van der Waals surface area (Å²) in [4.78, 5) is 31.6. The van der Waals surface area contributed by atoms with Gasteiger partial charge in [0.15, 0.2) is 5.82 Å². The van der Waals surface area contributed by atoms with Crippen LogP contribution >= 0.6 is 0 Å². The standard InChI is InChI=1S/C29H34N6O3/c1-20(29(37)32-27-17-26(33-34-27)23-8-9-23)21-4-6-22(7-5-21)24-10-11-25(30-18-24)19-31-28(36)3-2-12-35-13-15-38-16-14-35/h2-7,10-11,17-18,20,23H,8-9,12-16,19H2,1H3,(H,31,36)(H2,32,33,34,37)/b3-2+/t20-/m1/s1. The molecule has 3 N–H and O–H groups in total. The van der Waals surface area contributed by atoms with Crippen molar-refractivity contribution < 1.29 is 14.3 Å². The lowest BCUT2D eigenvalue weighted by Crippen LogP contribution is -2.36. The normalized spacial score (nSPS) is 16.9. The van der Waals surface area contributed by atoms with Crippen molar-refractivity contribution in [3.05, 3.63) is 77.8 Å². The highest BCUT2D eigenvalue weighted by atomic mass is 16.5. The van der Waals surface area contributed by atoms with Crippen LogP contribution < -0.4 is 10.6 Å². The number of morpholine rings is 1. The summed E-state index contributed by atoms with van der Waals surface area (Å²) in [5, 5.41) is 13.0. The lowest BCUT2D eigenvalue weighted by molar-refractivity contribution is -0.117. The Morgan fingerprint density at radius 1 is 1.13 bits per heavy atom. The summed E-state index contributed by atoms with van der Waals surface area (Å²) in [6, 6.07) is 13.8. The Balaban J connectivity index is 1.09. The molecule has 1 saturated heterocycles. The number of hydrogen-bond donors (Lipinski definition) is 3. The van der Waals surface area contributed by atoms with Gasteiger partial charge in [-0.25, -0.2) is 0 Å². The Bertz CT molecular complexity index is 1260. The Kier molecular flexibility index (Phi) is 8.25. The first-order valence-electron chi connectivity index (χ1n) is 13.2. The molecule has 2 aliphatic rings. The van der Waals surface area contributed by atoms with Crippen LogP contribution in [0.25, 0.3) is 11.1 Å². The molecule has 0 unspecified atom stereocenters. The van der Waals surface area contributed by atoms with Gasteiger partial charge in [-0.05, 0) is 37.0 Å². The summed E-state index contributed by atoms with van der Waals surface area (Å²) in [6.45, 7) is 6.28. The fourth-order valence-corrected chi connectivity index (χ4v) is 4.38. The van der Waals surface area contributed by atoms with E-state index in [0.29, 0.717) is 18.3 Å². The number of nitrogens with zero attached hydrogens (tertiary/aromatic N) is 3. The zero-order valence-corrected chi connectivity index (χ0v) is 21.7. The number of ether oxygens (including phenoxy) is 1. The fraction of sp³-hybridized carbons (Fsp3) is 0.379. The number of carbonyl (C=O) groups is 2. The number of anilines is 1. The third kappa shape index (κ3) is 6.93. The highest BCUT2D eigenvalue weighted by Gasteiger charge is 2.26. The number of amides is 2. The molecule has 2 aromatic heterocycles. The van der Waals surface area contributed by atoms with E-state index < -0.39 is 0 Å². The average molecular weight is 515 g/mol. The molecule has 0 spiro atoms. The van der Waals surface area contributed by atoms with Gasteiger partial charge in [-0.3, -0.25) is 24.6 Å². The molecule has 2 fully saturated rings. The van der Waals surface area contributed by atoms with Gasteiger partial charge in [0.1, 0.15) is 0 Å². The minimum atomic E-state index is -0.308. The van der Waals surface area contributed by atoms with Crippen molar-refractivity contribution in [2.45, 2.75) is 38.1 Å². The summed E-state index contributed by atoms with van der Waals surface area (Å²) >= 11 is 0. The zero-order chi connectivity index (χ0) is 26.3. The Morgan fingerprint density at radius 2 is 1.89 bits per heavy atom. The third-order valence-electron chi connectivity index (χ3n) is 7.01. The monoisotopic (exact) mass is 514 g/mol. The van der Waals surface area contributed by atoms with E-state index in [4.69, 9.17) is 4.74 Å². The van der Waals surface area contributed by atoms with Gasteiger partial charge in [0.25, 0.3) is 0 Å². The highest BCUT2D eigenvalue weighted by molar-refractivity contribution is 5.95. The van der Waals surface area contributed by atoms with Crippen LogP contribution in [-0.2, 0) is 20.9 Å². The lowest BCUT2D eigenvalue weighted by Gasteiger charge is -2.24. The van der Waals surface area contributed by atoms with Crippen molar-refractivity contribution in [1.82, 2.24) is 25.4 Å². The number of aromatic amines is 1. The maximum absolute atomic E-state index is 12.7. The van der Waals surface area contributed by atoms with Crippen molar-refractivity contribution in [2.24, 2.45) is 0 Å². The predicted octanol–water partition coefficient (Wildman–Crippen LogP) is 3.60. The molecule has 9 nitrogen and oxygen atoms in total. The molecule has 198 valence electrons. The molecule has 0 bridgehead atoms. The number of pyridine rings is 1. The van der Waals surface area contributed by atoms with E-state index in [1.54, 1.807) is 12.3 Å². The molecule has 9 heteroatoms. The van der Waals surface area contributed by atoms with E-state index in [1.165, 1.54) is 12.8 Å². The second kappa shape index (κ2) is 12.1. The van der Waals surface area contributed by atoms with Gasteiger partial charge < -0.3 is 15.4 Å². The van der Waals surface area contributed by atoms with Crippen LogP contribution in [0.3, 0.4) is 0 Å². The molecule has 1 saturated carbocycles. The summed E-state index contributed by atoms with van der Waals surface area (Å²) < 4.78 is 5.33. The first-order valence-corrected chi connectivity index (χ1v) is 13.2. The van der Waals surface area contributed by atoms with Gasteiger partial charge >= 0.3 is 0 Å². The SMILES string of the molecule is C[C@@H](C(=O)Nc1cc(C2CC2)[nH]n1)c1ccc(-c2ccc(CNC(=O)/C=C/CN3CCOCC3)nc2)cc1. The number of benzene rings is 1. The van der Waals surface area contributed by atoms with E-state index >= 15 is 0 Å². The molecule has 5 rings (SSSR count). The second-order valence-electron chi connectivity index (χ2n) is 9.89. The van der Waals surface area contributed by atoms with Gasteiger partial charge in [-0.2, -0.15) is 5.10 Å². The van der Waals surface area contributed by atoms with E-state index in [2.05, 4.69) is 30.7 Å². The van der Waals surface area contributed by atoms with Crippen LogP contribution in [-0.4, -0.2) is 64.7 Å². The predicted molar refractivity (Wildman–Crippen MR) is 146 cm³/mol. The van der Waals surface area contributed by atoms with E-state index in [-0.39, 0.29) is 17.7 Å². The Morgan fingerprint density at radius 3 is 2.61 bits per heavy atom. The zero-order valence-electron chi connectivity index (χ0n) is 21.7. The van der Waals surface area contributed by atoms with Gasteiger partial charge in [-0.15, -0.1) is 0 Å². The quantitative estimate of drug-likeness (QED) is 0.357. The van der Waals surface area contributed by atoms with Crippen LogP contribution in [0.4, 0.5) is 5.82 Å². The number of hydrogen-bond acceptors (Lipinski definition) is 6. The van der Waals surface area contributed by atoms with Crippen molar-refractivity contribution in [3.63, 3.8) is 0 Å². The van der Waals surface area contributed by atoms with E-state index in [0.717, 1.165) is 60.9 Å². The van der Waals surface area contributed by atoms with Crippen LogP contribution in [0.5, 0.6) is 0 Å². The fourth-order valence-electron chi connectivity index (χ4n) is 4.38. The molecule has 3 aromatic rings. The summed E-state index contributed by atoms with van der Waals surface area (Å²) in [5.74, 6) is 0.612. The van der Waals surface area contributed by atoms with Crippen molar-refractivity contribution >= 4 is 17.6 Å². The molecular formula is C29H34N6O3. The number of rotatable bonds is 10. The minimum absolute atomic E-state index is 0.0874. The summed E-state index contributed by atoms with van der Waals surface area (Å²) in [6.07, 6.45) is 7.62. The number of H-pyrrole nitrogens is 1. The van der Waals surface area contributed by atoms with Crippen LogP contribution in [0, 0.1) is 0 Å². The smallest absolute Gasteiger partial charge is 0.244 e. The molecule has 0 radical (unpaired) electrons. The van der Waals surface area contributed by atoms with Crippen molar-refractivity contribution in [2.75, 3.05) is 38.2 Å². The number of aromatic nitrogens is 3. The maximum Gasteiger partial charge on any atom is 0.244 e. The Hall–Kier alpha value is -3.82. The molecule has 38 heavy (non-hydrogen) atoms. The third-order valence-corrected chi connectivity index (χ3v) is 7.01. The topological polar surface area (TPSA) is 112 Å². The van der Waals surface area contributed by atoms with Gasteiger partial charge in [0.05, 0.1) is 31.4 Å². The first kappa shape index (κ1) is 25.8. The first-order chi connectivity index (χ1) is 18.5. The average Bonchev–Trinajstić information content (AvgIpc) is 3.71. The summed E-state index contributed by atoms with van der Waals surface area (Å²) in [5.41, 5.74) is 4.79. The van der Waals surface area contributed by atoms with E-state index in [1.807, 2.05) is 55.5 Å². The molecule has 1 atom stereocenters. The van der Waals surface area contributed by atoms with Gasteiger partial charge in [0.2, 0.25) is 11.8 Å². The van der Waals surface area contributed by atoms with Crippen LogP contribution in [0.2, 0.25) is 0 Å². The van der Waals surface area contributed by atoms with E-state index in [9.17, 15) is 9.59 Å². The van der Waals surface area contributed by atoms with Crippen LogP contribution in [0.15, 0.2) is 60.8 Å². The number of carbonyl (C=O) groups excluding carboxylic acids is 2. The molecule has 1 aliphatic heterocycles. The van der Waals surface area contributed by atoms with Gasteiger partial charge in [0, 0.05) is 55.1 Å². The highest BCUT2D eigenvalue weighted by Crippen LogP contribution is 2.39.